The minimum absolute atomic E-state index is 0.292. The van der Waals surface area contributed by atoms with Crippen LogP contribution >= 0.6 is 11.6 Å². The summed E-state index contributed by atoms with van der Waals surface area (Å²) in [7, 11) is 2.90. The predicted molar refractivity (Wildman–Crippen MR) is 66.2 cm³/mol. The number of halogens is 1. The molecule has 0 atom stereocenters. The van der Waals surface area contributed by atoms with Gasteiger partial charge in [0.1, 0.15) is 11.5 Å². The molecule has 1 heterocycles. The molecule has 1 aromatic rings. The number of carbonyl (C=O) groups is 2. The Morgan fingerprint density at radius 1 is 1.00 bits per heavy atom. The van der Waals surface area contributed by atoms with Crippen LogP contribution in [0.2, 0.25) is 5.02 Å². The van der Waals surface area contributed by atoms with E-state index in [1.54, 1.807) is 0 Å². The first-order chi connectivity index (χ1) is 8.58. The van der Waals surface area contributed by atoms with E-state index in [1.165, 1.54) is 38.5 Å². The summed E-state index contributed by atoms with van der Waals surface area (Å²) in [6.07, 6.45) is 2.39. The first-order valence-electron chi connectivity index (χ1n) is 5.06. The molecule has 0 saturated heterocycles. The smallest absolute Gasteiger partial charge is 0.258 e. The topological polar surface area (TPSA) is 55.8 Å². The second kappa shape index (κ2) is 4.70. The highest BCUT2D eigenvalue weighted by Crippen LogP contribution is 2.38. The number of hydrogen-bond acceptors (Lipinski definition) is 4. The van der Waals surface area contributed by atoms with E-state index in [0.717, 1.165) is 4.90 Å². The Morgan fingerprint density at radius 3 is 2.06 bits per heavy atom. The third-order valence-electron chi connectivity index (χ3n) is 2.50. The van der Waals surface area contributed by atoms with Gasteiger partial charge in [0.25, 0.3) is 11.8 Å². The minimum Gasteiger partial charge on any atom is -0.495 e. The molecule has 0 aromatic heterocycles. The minimum atomic E-state index is -0.431. The number of imide groups is 1. The quantitative estimate of drug-likeness (QED) is 0.784. The summed E-state index contributed by atoms with van der Waals surface area (Å²) in [5, 5.41) is 0.292. The molecule has 5 nitrogen and oxygen atoms in total. The van der Waals surface area contributed by atoms with Gasteiger partial charge in [-0.1, -0.05) is 11.6 Å². The van der Waals surface area contributed by atoms with Gasteiger partial charge >= 0.3 is 0 Å². The monoisotopic (exact) mass is 267 g/mol. The Labute approximate surface area is 109 Å². The van der Waals surface area contributed by atoms with Crippen LogP contribution in [0, 0.1) is 0 Å². The zero-order chi connectivity index (χ0) is 13.3. The Morgan fingerprint density at radius 2 is 1.56 bits per heavy atom. The summed E-state index contributed by atoms with van der Waals surface area (Å²) in [5.41, 5.74) is 0.295. The standard InChI is InChI=1S/C12H10ClNO4/c1-17-9-6-10(18-2)8(5-7(9)13)14-11(15)3-4-12(14)16/h3-6H,1-2H3. The maximum absolute atomic E-state index is 11.6. The summed E-state index contributed by atoms with van der Waals surface area (Å²) in [4.78, 5) is 24.2. The number of amides is 2. The molecule has 0 fully saturated rings. The van der Waals surface area contributed by atoms with Crippen LogP contribution in [-0.2, 0) is 9.59 Å². The highest BCUT2D eigenvalue weighted by atomic mass is 35.5. The molecule has 94 valence electrons. The average Bonchev–Trinajstić information content (AvgIpc) is 2.68. The lowest BCUT2D eigenvalue weighted by Crippen LogP contribution is -2.29. The van der Waals surface area contributed by atoms with Crippen molar-refractivity contribution < 1.29 is 19.1 Å². The summed E-state index contributed by atoms with van der Waals surface area (Å²) in [5.74, 6) is -0.120. The fourth-order valence-corrected chi connectivity index (χ4v) is 1.89. The van der Waals surface area contributed by atoms with Crippen molar-refractivity contribution in [2.75, 3.05) is 19.1 Å². The second-order valence-corrected chi connectivity index (χ2v) is 3.91. The van der Waals surface area contributed by atoms with Crippen molar-refractivity contribution in [3.8, 4) is 11.5 Å². The zero-order valence-electron chi connectivity index (χ0n) is 9.77. The molecule has 0 unspecified atom stereocenters. The highest BCUT2D eigenvalue weighted by molar-refractivity contribution is 6.33. The molecule has 1 aliphatic rings. The van der Waals surface area contributed by atoms with E-state index in [-0.39, 0.29) is 0 Å². The number of hydrogen-bond donors (Lipinski definition) is 0. The van der Waals surface area contributed by atoms with Crippen LogP contribution < -0.4 is 14.4 Å². The number of benzene rings is 1. The molecular formula is C12H10ClNO4. The van der Waals surface area contributed by atoms with Gasteiger partial charge in [0.05, 0.1) is 24.9 Å². The summed E-state index contributed by atoms with van der Waals surface area (Å²) < 4.78 is 10.2. The molecule has 0 saturated carbocycles. The highest BCUT2D eigenvalue weighted by Gasteiger charge is 2.28. The average molecular weight is 268 g/mol. The number of ether oxygens (including phenoxy) is 2. The lowest BCUT2D eigenvalue weighted by Gasteiger charge is -2.18. The SMILES string of the molecule is COc1cc(OC)c(N2C(=O)C=CC2=O)cc1Cl. The Kier molecular flexibility index (Phi) is 3.25. The third kappa shape index (κ3) is 1.93. The first kappa shape index (κ1) is 12.4. The molecule has 1 aromatic carbocycles. The molecule has 0 spiro atoms. The van der Waals surface area contributed by atoms with Gasteiger partial charge in [0, 0.05) is 18.2 Å². The van der Waals surface area contributed by atoms with E-state index in [0.29, 0.717) is 22.2 Å². The molecule has 0 N–H and O–H groups in total. The van der Waals surface area contributed by atoms with Crippen LogP contribution in [0.15, 0.2) is 24.3 Å². The fourth-order valence-electron chi connectivity index (χ4n) is 1.66. The number of nitrogens with zero attached hydrogens (tertiary/aromatic N) is 1. The molecular weight excluding hydrogens is 258 g/mol. The van der Waals surface area contributed by atoms with E-state index >= 15 is 0 Å². The van der Waals surface area contributed by atoms with Gasteiger partial charge in [-0.25, -0.2) is 4.90 Å². The molecule has 1 aliphatic heterocycles. The van der Waals surface area contributed by atoms with E-state index < -0.39 is 11.8 Å². The fraction of sp³-hybridized carbons (Fsp3) is 0.167. The van der Waals surface area contributed by atoms with Crippen molar-refractivity contribution in [2.45, 2.75) is 0 Å². The summed E-state index contributed by atoms with van der Waals surface area (Å²) in [6, 6.07) is 2.98. The van der Waals surface area contributed by atoms with E-state index in [2.05, 4.69) is 0 Å². The summed E-state index contributed by atoms with van der Waals surface area (Å²) >= 11 is 5.98. The van der Waals surface area contributed by atoms with Crippen LogP contribution in [0.3, 0.4) is 0 Å². The maximum Gasteiger partial charge on any atom is 0.258 e. The Bertz CT molecular complexity index is 535. The second-order valence-electron chi connectivity index (χ2n) is 3.50. The molecule has 0 bridgehead atoms. The molecule has 0 aliphatic carbocycles. The Hall–Kier alpha value is -2.01. The number of rotatable bonds is 3. The normalized spacial score (nSPS) is 14.3. The maximum atomic E-state index is 11.6. The van der Waals surface area contributed by atoms with Crippen LogP contribution in [0.5, 0.6) is 11.5 Å². The van der Waals surface area contributed by atoms with Gasteiger partial charge in [-0.05, 0) is 6.07 Å². The van der Waals surface area contributed by atoms with Crippen molar-refractivity contribution >= 4 is 29.1 Å². The van der Waals surface area contributed by atoms with Gasteiger partial charge in [-0.2, -0.15) is 0 Å². The number of carbonyl (C=O) groups excluding carboxylic acids is 2. The predicted octanol–water partition coefficient (Wildman–Crippen LogP) is 1.79. The third-order valence-corrected chi connectivity index (χ3v) is 2.80. The summed E-state index contributed by atoms with van der Waals surface area (Å²) in [6.45, 7) is 0. The van der Waals surface area contributed by atoms with Gasteiger partial charge in [-0.15, -0.1) is 0 Å². The number of methoxy groups -OCH3 is 2. The molecule has 2 amide bonds. The van der Waals surface area contributed by atoms with Crippen molar-refractivity contribution in [2.24, 2.45) is 0 Å². The van der Waals surface area contributed by atoms with Gasteiger partial charge < -0.3 is 9.47 Å². The van der Waals surface area contributed by atoms with Crippen LogP contribution in [-0.4, -0.2) is 26.0 Å². The van der Waals surface area contributed by atoms with Gasteiger partial charge in [0.15, 0.2) is 0 Å². The lowest BCUT2D eigenvalue weighted by molar-refractivity contribution is -0.120. The Balaban J connectivity index is 2.54. The largest absolute Gasteiger partial charge is 0.495 e. The molecule has 2 rings (SSSR count). The first-order valence-corrected chi connectivity index (χ1v) is 5.44. The van der Waals surface area contributed by atoms with Crippen LogP contribution in [0.1, 0.15) is 0 Å². The van der Waals surface area contributed by atoms with Gasteiger partial charge in [0.2, 0.25) is 0 Å². The van der Waals surface area contributed by atoms with Crippen molar-refractivity contribution in [3.63, 3.8) is 0 Å². The molecule has 6 heteroatoms. The van der Waals surface area contributed by atoms with Crippen LogP contribution in [0.4, 0.5) is 5.69 Å². The molecule has 0 radical (unpaired) electrons. The van der Waals surface area contributed by atoms with E-state index in [1.807, 2.05) is 0 Å². The zero-order valence-corrected chi connectivity index (χ0v) is 10.5. The van der Waals surface area contributed by atoms with E-state index in [9.17, 15) is 9.59 Å². The van der Waals surface area contributed by atoms with E-state index in [4.69, 9.17) is 21.1 Å². The van der Waals surface area contributed by atoms with Gasteiger partial charge in [-0.3, -0.25) is 9.59 Å². The van der Waals surface area contributed by atoms with Crippen molar-refractivity contribution in [3.05, 3.63) is 29.3 Å². The van der Waals surface area contributed by atoms with Crippen molar-refractivity contribution in [1.29, 1.82) is 0 Å². The van der Waals surface area contributed by atoms with Crippen LogP contribution in [0.25, 0.3) is 0 Å². The lowest BCUT2D eigenvalue weighted by atomic mass is 10.2. The molecule has 18 heavy (non-hydrogen) atoms. The van der Waals surface area contributed by atoms with Crippen molar-refractivity contribution in [1.82, 2.24) is 0 Å². The number of anilines is 1.